The molecule has 150 valence electrons. The van der Waals surface area contributed by atoms with E-state index in [-0.39, 0.29) is 11.8 Å². The average molecular weight is 502 g/mol. The van der Waals surface area contributed by atoms with Gasteiger partial charge in [-0.3, -0.25) is 4.79 Å². The van der Waals surface area contributed by atoms with Crippen LogP contribution >= 0.6 is 39.1 Å². The van der Waals surface area contributed by atoms with Gasteiger partial charge in [0.1, 0.15) is 5.75 Å². The molecule has 2 aliphatic rings. The molecule has 30 heavy (non-hydrogen) atoms. The van der Waals surface area contributed by atoms with Crippen LogP contribution in [0.5, 0.6) is 5.75 Å². The van der Waals surface area contributed by atoms with Crippen LogP contribution < -0.4 is 4.74 Å². The zero-order valence-electron chi connectivity index (χ0n) is 15.6. The van der Waals surface area contributed by atoms with E-state index in [2.05, 4.69) is 15.9 Å². The molecule has 0 amide bonds. The van der Waals surface area contributed by atoms with Crippen LogP contribution in [0.2, 0.25) is 10.0 Å². The summed E-state index contributed by atoms with van der Waals surface area (Å²) in [6.45, 7) is 0. The molecule has 0 radical (unpaired) electrons. The normalized spacial score (nSPS) is 19.6. The molecule has 2 unspecified atom stereocenters. The highest BCUT2D eigenvalue weighted by Gasteiger charge is 2.43. The molecule has 0 aromatic heterocycles. The molecule has 2 atom stereocenters. The second-order valence-corrected chi connectivity index (χ2v) is 8.97. The number of hydrogen-bond acceptors (Lipinski definition) is 4. The fourth-order valence-corrected chi connectivity index (χ4v) is 4.38. The molecule has 0 aliphatic carbocycles. The molecule has 2 heterocycles. The molecule has 3 aromatic rings. The zero-order chi connectivity index (χ0) is 20.8. The molecule has 5 rings (SSSR count). The molecule has 0 fully saturated rings. The number of nitrogens with zero attached hydrogens (tertiary/aromatic N) is 2. The van der Waals surface area contributed by atoms with Gasteiger partial charge < -0.3 is 4.74 Å². The van der Waals surface area contributed by atoms with Crippen molar-refractivity contribution in [2.75, 3.05) is 0 Å². The number of ether oxygens (including phenoxy) is 1. The summed E-state index contributed by atoms with van der Waals surface area (Å²) in [7, 11) is 0. The fraction of sp³-hybridized carbons (Fsp3) is 0.130. The standard InChI is InChI=1S/C23H15BrCl2N2O2/c24-15-5-1-13(2-6-15)19-12-20-18-11-17(26)9-10-21(18)30-23(28(20)27-19)22(29)14-3-7-16(25)8-4-14/h1-11,20,23H,12H2. The van der Waals surface area contributed by atoms with Crippen LogP contribution in [0.1, 0.15) is 33.9 Å². The number of hydrogen-bond donors (Lipinski definition) is 0. The van der Waals surface area contributed by atoms with Gasteiger partial charge in [-0.1, -0.05) is 51.3 Å². The highest BCUT2D eigenvalue weighted by atomic mass is 79.9. The van der Waals surface area contributed by atoms with Crippen molar-refractivity contribution in [1.29, 1.82) is 0 Å². The van der Waals surface area contributed by atoms with Gasteiger partial charge in [0.05, 0.1) is 11.8 Å². The number of hydrazone groups is 1. The Hall–Kier alpha value is -2.34. The maximum atomic E-state index is 13.3. The Morgan fingerprint density at radius 1 is 1.00 bits per heavy atom. The highest BCUT2D eigenvalue weighted by Crippen LogP contribution is 2.44. The Morgan fingerprint density at radius 3 is 2.43 bits per heavy atom. The molecule has 2 aliphatic heterocycles. The minimum atomic E-state index is -0.863. The lowest BCUT2D eigenvalue weighted by Gasteiger charge is -2.37. The number of benzene rings is 3. The first-order valence-electron chi connectivity index (χ1n) is 9.37. The summed E-state index contributed by atoms with van der Waals surface area (Å²) in [6, 6.07) is 20.1. The van der Waals surface area contributed by atoms with Crippen molar-refractivity contribution in [1.82, 2.24) is 5.01 Å². The monoisotopic (exact) mass is 500 g/mol. The summed E-state index contributed by atoms with van der Waals surface area (Å²) in [5.74, 6) is 0.485. The largest absolute Gasteiger partial charge is 0.461 e. The summed E-state index contributed by atoms with van der Waals surface area (Å²) in [5.41, 5.74) is 3.36. The molecule has 0 saturated carbocycles. The third kappa shape index (κ3) is 3.51. The summed E-state index contributed by atoms with van der Waals surface area (Å²) in [6.07, 6.45) is -0.208. The summed E-state index contributed by atoms with van der Waals surface area (Å²) in [5, 5.41) is 7.76. The predicted octanol–water partition coefficient (Wildman–Crippen LogP) is 6.51. The van der Waals surface area contributed by atoms with E-state index in [9.17, 15) is 4.79 Å². The molecule has 0 N–H and O–H groups in total. The van der Waals surface area contributed by atoms with Gasteiger partial charge in [0, 0.05) is 32.1 Å². The van der Waals surface area contributed by atoms with Gasteiger partial charge in [-0.15, -0.1) is 0 Å². The summed E-state index contributed by atoms with van der Waals surface area (Å²) >= 11 is 15.7. The number of Topliss-reactive ketones (excluding diaryl/α,β-unsaturated/α-hetero) is 1. The van der Waals surface area contributed by atoms with E-state index < -0.39 is 6.23 Å². The third-order valence-electron chi connectivity index (χ3n) is 5.28. The maximum absolute atomic E-state index is 13.3. The van der Waals surface area contributed by atoms with Crippen molar-refractivity contribution in [3.05, 3.63) is 97.9 Å². The van der Waals surface area contributed by atoms with Crippen LogP contribution in [0.25, 0.3) is 0 Å². The van der Waals surface area contributed by atoms with Crippen LogP contribution in [0.3, 0.4) is 0 Å². The van der Waals surface area contributed by atoms with Crippen molar-refractivity contribution in [2.45, 2.75) is 18.7 Å². The van der Waals surface area contributed by atoms with Crippen LogP contribution in [0.4, 0.5) is 0 Å². The number of carbonyl (C=O) groups is 1. The lowest BCUT2D eigenvalue weighted by atomic mass is 9.96. The first-order chi connectivity index (χ1) is 14.5. The van der Waals surface area contributed by atoms with Gasteiger partial charge in [0.25, 0.3) is 6.23 Å². The Bertz CT molecular complexity index is 1160. The first kappa shape index (κ1) is 19.6. The van der Waals surface area contributed by atoms with Gasteiger partial charge in [0.2, 0.25) is 5.78 Å². The second-order valence-electron chi connectivity index (χ2n) is 7.18. The molecule has 7 heteroatoms. The SMILES string of the molecule is O=C(c1ccc(Cl)cc1)C1Oc2ccc(Cl)cc2C2CC(c3ccc(Br)cc3)=NN12. The van der Waals surface area contributed by atoms with E-state index in [4.69, 9.17) is 33.0 Å². The Balaban J connectivity index is 1.57. The third-order valence-corrected chi connectivity index (χ3v) is 6.30. The average Bonchev–Trinajstić information content (AvgIpc) is 3.19. The highest BCUT2D eigenvalue weighted by molar-refractivity contribution is 9.10. The minimum absolute atomic E-state index is 0.132. The number of carbonyl (C=O) groups excluding carboxylic acids is 1. The first-order valence-corrected chi connectivity index (χ1v) is 10.9. The zero-order valence-corrected chi connectivity index (χ0v) is 18.7. The molecule has 4 nitrogen and oxygen atoms in total. The van der Waals surface area contributed by atoms with Gasteiger partial charge in [-0.25, -0.2) is 5.01 Å². The molecular formula is C23H15BrCl2N2O2. The fourth-order valence-electron chi connectivity index (χ4n) is 3.80. The van der Waals surface area contributed by atoms with E-state index in [0.717, 1.165) is 21.3 Å². The van der Waals surface area contributed by atoms with Crippen LogP contribution in [0, 0.1) is 0 Å². The van der Waals surface area contributed by atoms with Crippen molar-refractivity contribution in [3.8, 4) is 5.75 Å². The number of rotatable bonds is 3. The summed E-state index contributed by atoms with van der Waals surface area (Å²) in [4.78, 5) is 13.3. The van der Waals surface area contributed by atoms with E-state index >= 15 is 0 Å². The van der Waals surface area contributed by atoms with E-state index in [1.54, 1.807) is 35.3 Å². The van der Waals surface area contributed by atoms with Crippen molar-refractivity contribution < 1.29 is 9.53 Å². The lowest BCUT2D eigenvalue weighted by molar-refractivity contribution is -0.00455. The smallest absolute Gasteiger partial charge is 0.251 e. The molecule has 0 saturated heterocycles. The number of halogens is 3. The Labute approximate surface area is 192 Å². The number of fused-ring (bicyclic) bond motifs is 3. The van der Waals surface area contributed by atoms with Gasteiger partial charge in [0.15, 0.2) is 0 Å². The molecule has 0 spiro atoms. The molecular weight excluding hydrogens is 487 g/mol. The van der Waals surface area contributed by atoms with Crippen LogP contribution in [-0.2, 0) is 0 Å². The quantitative estimate of drug-likeness (QED) is 0.384. The van der Waals surface area contributed by atoms with Crippen LogP contribution in [-0.4, -0.2) is 22.7 Å². The molecule has 0 bridgehead atoms. The van der Waals surface area contributed by atoms with Gasteiger partial charge >= 0.3 is 0 Å². The number of ketones is 1. The molecule has 3 aromatic carbocycles. The van der Waals surface area contributed by atoms with Gasteiger partial charge in [-0.05, 0) is 60.2 Å². The van der Waals surface area contributed by atoms with Crippen LogP contribution in [0.15, 0.2) is 76.3 Å². The Morgan fingerprint density at radius 2 is 1.70 bits per heavy atom. The Kier molecular flexibility index (Phi) is 5.05. The minimum Gasteiger partial charge on any atom is -0.461 e. The van der Waals surface area contributed by atoms with E-state index in [1.165, 1.54) is 0 Å². The second kappa shape index (κ2) is 7.73. The van der Waals surface area contributed by atoms with Crippen molar-refractivity contribution >= 4 is 50.6 Å². The summed E-state index contributed by atoms with van der Waals surface area (Å²) < 4.78 is 7.12. The predicted molar refractivity (Wildman–Crippen MR) is 122 cm³/mol. The van der Waals surface area contributed by atoms with Crippen molar-refractivity contribution in [3.63, 3.8) is 0 Å². The van der Waals surface area contributed by atoms with Gasteiger partial charge in [-0.2, -0.15) is 5.10 Å². The lowest BCUT2D eigenvalue weighted by Crippen LogP contribution is -2.45. The maximum Gasteiger partial charge on any atom is 0.251 e. The topological polar surface area (TPSA) is 41.9 Å². The van der Waals surface area contributed by atoms with Crippen molar-refractivity contribution in [2.24, 2.45) is 5.10 Å². The van der Waals surface area contributed by atoms with E-state index in [1.807, 2.05) is 36.4 Å². The van der Waals surface area contributed by atoms with E-state index in [0.29, 0.717) is 27.8 Å².